The Labute approximate surface area is 64.8 Å². The highest BCUT2D eigenvalue weighted by molar-refractivity contribution is 5.93. The Kier molecular flexibility index (Phi) is 2.28. The molecular weight excluding hydrogens is 142 g/mol. The predicted molar refractivity (Wildman–Crippen MR) is 43.1 cm³/mol. The van der Waals surface area contributed by atoms with Gasteiger partial charge in [0.25, 0.3) is 0 Å². The van der Waals surface area contributed by atoms with Crippen LogP contribution in [0.2, 0.25) is 0 Å². The first-order valence-electron chi connectivity index (χ1n) is 3.40. The Hall–Kier alpha value is -1.29. The molecular formula is C7H11N3O. The fourth-order valence-corrected chi connectivity index (χ4v) is 0.655. The first-order valence-corrected chi connectivity index (χ1v) is 3.40. The Morgan fingerprint density at radius 1 is 1.82 bits per heavy atom. The highest BCUT2D eigenvalue weighted by atomic mass is 16.2. The maximum Gasteiger partial charge on any atom is 0.242 e. The fourth-order valence-electron chi connectivity index (χ4n) is 0.655. The Morgan fingerprint density at radius 2 is 2.55 bits per heavy atom. The summed E-state index contributed by atoms with van der Waals surface area (Å²) >= 11 is 0. The molecule has 0 radical (unpaired) electrons. The number of aromatic nitrogens is 1. The van der Waals surface area contributed by atoms with Crippen LogP contribution in [0.25, 0.3) is 0 Å². The van der Waals surface area contributed by atoms with Crippen molar-refractivity contribution in [3.63, 3.8) is 0 Å². The van der Waals surface area contributed by atoms with E-state index in [-0.39, 0.29) is 5.91 Å². The van der Waals surface area contributed by atoms with Gasteiger partial charge in [-0.25, -0.2) is 0 Å². The van der Waals surface area contributed by atoms with Gasteiger partial charge in [-0.1, -0.05) is 0 Å². The quantitative estimate of drug-likeness (QED) is 0.572. The number of nitrogens with one attached hydrogen (secondary N) is 2. The highest BCUT2D eigenvalue weighted by Gasteiger charge is 2.06. The van der Waals surface area contributed by atoms with E-state index in [1.165, 1.54) is 0 Å². The van der Waals surface area contributed by atoms with E-state index in [4.69, 9.17) is 5.73 Å². The van der Waals surface area contributed by atoms with Crippen LogP contribution in [0.5, 0.6) is 0 Å². The number of rotatable bonds is 2. The molecule has 0 saturated carbocycles. The lowest BCUT2D eigenvalue weighted by molar-refractivity contribution is -0.117. The van der Waals surface area contributed by atoms with Crippen molar-refractivity contribution in [3.05, 3.63) is 18.3 Å². The number of hydrogen-bond donors (Lipinski definition) is 3. The first kappa shape index (κ1) is 7.81. The number of carbonyl (C=O) groups excluding carboxylic acids is 1. The lowest BCUT2D eigenvalue weighted by Crippen LogP contribution is -2.32. The maximum atomic E-state index is 11.0. The Balaban J connectivity index is 2.50. The van der Waals surface area contributed by atoms with Gasteiger partial charge in [0, 0.05) is 6.20 Å². The summed E-state index contributed by atoms with van der Waals surface area (Å²) in [4.78, 5) is 13.8. The van der Waals surface area contributed by atoms with E-state index in [9.17, 15) is 4.79 Å². The number of hydrogen-bond acceptors (Lipinski definition) is 2. The van der Waals surface area contributed by atoms with Crippen LogP contribution in [0.4, 0.5) is 5.82 Å². The van der Waals surface area contributed by atoms with Crippen molar-refractivity contribution < 1.29 is 4.79 Å². The molecule has 0 aliphatic heterocycles. The molecule has 1 aromatic heterocycles. The van der Waals surface area contributed by atoms with Gasteiger partial charge < -0.3 is 16.0 Å². The largest absolute Gasteiger partial charge is 0.348 e. The SMILES string of the molecule is CC(N)C(=O)Nc1ccc[nH]1. The van der Waals surface area contributed by atoms with Crippen molar-refractivity contribution in [2.75, 3.05) is 5.32 Å². The van der Waals surface area contributed by atoms with Crippen LogP contribution >= 0.6 is 0 Å². The molecule has 0 fully saturated rings. The van der Waals surface area contributed by atoms with Gasteiger partial charge in [-0.3, -0.25) is 4.79 Å². The molecule has 11 heavy (non-hydrogen) atoms. The summed E-state index contributed by atoms with van der Waals surface area (Å²) in [5.41, 5.74) is 5.33. The van der Waals surface area contributed by atoms with Crippen molar-refractivity contribution in [2.24, 2.45) is 5.73 Å². The second-order valence-electron chi connectivity index (χ2n) is 2.36. The average Bonchev–Trinajstić information content (AvgIpc) is 2.39. The second-order valence-corrected chi connectivity index (χ2v) is 2.36. The number of H-pyrrole nitrogens is 1. The Morgan fingerprint density at radius 3 is 3.00 bits per heavy atom. The third kappa shape index (κ3) is 2.09. The van der Waals surface area contributed by atoms with E-state index in [0.29, 0.717) is 5.82 Å². The van der Waals surface area contributed by atoms with Crippen LogP contribution in [0, 0.1) is 0 Å². The average molecular weight is 153 g/mol. The van der Waals surface area contributed by atoms with Gasteiger partial charge >= 0.3 is 0 Å². The van der Waals surface area contributed by atoms with Crippen LogP contribution in [-0.4, -0.2) is 16.9 Å². The Bertz CT molecular complexity index is 228. The van der Waals surface area contributed by atoms with E-state index in [0.717, 1.165) is 0 Å². The van der Waals surface area contributed by atoms with E-state index in [2.05, 4.69) is 10.3 Å². The minimum absolute atomic E-state index is 0.188. The van der Waals surface area contributed by atoms with Crippen LogP contribution in [0.1, 0.15) is 6.92 Å². The molecule has 4 nitrogen and oxygen atoms in total. The van der Waals surface area contributed by atoms with Crippen LogP contribution in [-0.2, 0) is 4.79 Å². The minimum Gasteiger partial charge on any atom is -0.348 e. The van der Waals surface area contributed by atoms with E-state index < -0.39 is 6.04 Å². The molecule has 1 amide bonds. The van der Waals surface area contributed by atoms with E-state index >= 15 is 0 Å². The van der Waals surface area contributed by atoms with Crippen LogP contribution in [0.15, 0.2) is 18.3 Å². The molecule has 0 bridgehead atoms. The number of anilines is 1. The van der Waals surface area contributed by atoms with Gasteiger partial charge in [0.15, 0.2) is 0 Å². The molecule has 4 heteroatoms. The highest BCUT2D eigenvalue weighted by Crippen LogP contribution is 2.00. The predicted octanol–water partition coefficient (Wildman–Crippen LogP) is 0.300. The number of nitrogens with two attached hydrogens (primary N) is 1. The van der Waals surface area contributed by atoms with Crippen molar-refractivity contribution in [1.82, 2.24) is 4.98 Å². The zero-order valence-corrected chi connectivity index (χ0v) is 6.29. The normalized spacial score (nSPS) is 12.5. The summed E-state index contributed by atoms with van der Waals surface area (Å²) in [5, 5.41) is 2.60. The summed E-state index contributed by atoms with van der Waals surface area (Å²) in [6, 6.07) is 3.09. The molecule has 1 rings (SSSR count). The molecule has 0 aliphatic rings. The molecule has 0 aliphatic carbocycles. The van der Waals surface area contributed by atoms with Crippen molar-refractivity contribution >= 4 is 11.7 Å². The van der Waals surface area contributed by atoms with Crippen molar-refractivity contribution in [1.29, 1.82) is 0 Å². The smallest absolute Gasteiger partial charge is 0.242 e. The summed E-state index contributed by atoms with van der Waals surface area (Å²) in [5.74, 6) is 0.486. The van der Waals surface area contributed by atoms with Crippen LogP contribution in [0.3, 0.4) is 0 Å². The lowest BCUT2D eigenvalue weighted by atomic mass is 10.3. The molecule has 0 aromatic carbocycles. The third-order valence-corrected chi connectivity index (χ3v) is 1.27. The fraction of sp³-hybridized carbons (Fsp3) is 0.286. The van der Waals surface area contributed by atoms with Crippen molar-refractivity contribution in [2.45, 2.75) is 13.0 Å². The molecule has 60 valence electrons. The van der Waals surface area contributed by atoms with E-state index in [1.54, 1.807) is 25.3 Å². The van der Waals surface area contributed by atoms with Gasteiger partial charge in [-0.15, -0.1) is 0 Å². The molecule has 0 spiro atoms. The standard InChI is InChI=1S/C7H11N3O/c1-5(8)7(11)10-6-3-2-4-9-6/h2-5,9H,8H2,1H3,(H,10,11). The molecule has 0 saturated heterocycles. The molecule has 1 heterocycles. The lowest BCUT2D eigenvalue weighted by Gasteiger charge is -2.04. The maximum absolute atomic E-state index is 11.0. The van der Waals surface area contributed by atoms with Gasteiger partial charge in [-0.2, -0.15) is 0 Å². The molecule has 4 N–H and O–H groups in total. The van der Waals surface area contributed by atoms with Gasteiger partial charge in [-0.05, 0) is 19.1 Å². The zero-order valence-electron chi connectivity index (χ0n) is 6.29. The third-order valence-electron chi connectivity index (χ3n) is 1.27. The minimum atomic E-state index is -0.474. The monoisotopic (exact) mass is 153 g/mol. The van der Waals surface area contributed by atoms with Crippen LogP contribution < -0.4 is 11.1 Å². The molecule has 1 aromatic rings. The summed E-state index contributed by atoms with van der Waals surface area (Å²) in [6.45, 7) is 1.64. The summed E-state index contributed by atoms with van der Waals surface area (Å²) in [7, 11) is 0. The van der Waals surface area contributed by atoms with E-state index in [1.807, 2.05) is 0 Å². The van der Waals surface area contributed by atoms with Crippen molar-refractivity contribution in [3.8, 4) is 0 Å². The molecule has 1 unspecified atom stereocenters. The topological polar surface area (TPSA) is 70.9 Å². The number of amides is 1. The first-order chi connectivity index (χ1) is 5.20. The zero-order chi connectivity index (χ0) is 8.27. The number of aromatic amines is 1. The molecule has 1 atom stereocenters. The van der Waals surface area contributed by atoms with Gasteiger partial charge in [0.1, 0.15) is 5.82 Å². The van der Waals surface area contributed by atoms with Gasteiger partial charge in [0.2, 0.25) is 5.91 Å². The summed E-state index contributed by atoms with van der Waals surface area (Å²) in [6.07, 6.45) is 1.73. The van der Waals surface area contributed by atoms with Gasteiger partial charge in [0.05, 0.1) is 6.04 Å². The summed E-state index contributed by atoms with van der Waals surface area (Å²) < 4.78 is 0. The second kappa shape index (κ2) is 3.21. The number of carbonyl (C=O) groups is 1.